The number of rotatable bonds is 5. The molecule has 1 unspecified atom stereocenters. The lowest BCUT2D eigenvalue weighted by Crippen LogP contribution is -2.29. The van der Waals surface area contributed by atoms with Crippen LogP contribution in [0.25, 0.3) is 10.6 Å². The monoisotopic (exact) mass is 355 g/mol. The van der Waals surface area contributed by atoms with Crippen molar-refractivity contribution in [2.45, 2.75) is 6.92 Å². The average Bonchev–Trinajstić information content (AvgIpc) is 2.85. The summed E-state index contributed by atoms with van der Waals surface area (Å²) in [6, 6.07) is 7.69. The minimum atomic E-state index is -0.815. The van der Waals surface area contributed by atoms with Crippen LogP contribution in [0.3, 0.4) is 0 Å². The van der Waals surface area contributed by atoms with E-state index in [0.29, 0.717) is 12.4 Å². The van der Waals surface area contributed by atoms with E-state index in [1.807, 2.05) is 31.3 Å². The smallest absolute Gasteiger partial charge is 0.308 e. The summed E-state index contributed by atoms with van der Waals surface area (Å²) in [7, 11) is 1.81. The first-order chi connectivity index (χ1) is 9.47. The molecule has 0 saturated heterocycles. The van der Waals surface area contributed by atoms with E-state index in [-0.39, 0.29) is 0 Å². The van der Waals surface area contributed by atoms with Gasteiger partial charge in [-0.3, -0.25) is 4.79 Å². The number of aromatic nitrogens is 2. The van der Waals surface area contributed by atoms with E-state index in [1.54, 1.807) is 23.2 Å². The van der Waals surface area contributed by atoms with E-state index >= 15 is 0 Å². The molecule has 0 amide bonds. The van der Waals surface area contributed by atoms with E-state index in [2.05, 4.69) is 26.1 Å². The maximum atomic E-state index is 10.8. The molecule has 0 fully saturated rings. The molecule has 2 aromatic heterocycles. The van der Waals surface area contributed by atoms with Crippen LogP contribution in [0, 0.1) is 5.92 Å². The zero-order chi connectivity index (χ0) is 14.7. The topological polar surface area (TPSA) is 66.3 Å². The molecule has 7 heteroatoms. The van der Waals surface area contributed by atoms with Crippen molar-refractivity contribution in [1.29, 1.82) is 0 Å². The number of hydrogen-bond donors (Lipinski definition) is 1. The maximum absolute atomic E-state index is 10.8. The van der Waals surface area contributed by atoms with Gasteiger partial charge in [-0.05, 0) is 40.2 Å². The fraction of sp³-hybridized carbons (Fsp3) is 0.308. The maximum Gasteiger partial charge on any atom is 0.308 e. The summed E-state index contributed by atoms with van der Waals surface area (Å²) in [5, 5.41) is 17.2. The zero-order valence-electron chi connectivity index (χ0n) is 11.1. The van der Waals surface area contributed by atoms with Crippen molar-refractivity contribution in [3.63, 3.8) is 0 Å². The molecule has 2 heterocycles. The highest BCUT2D eigenvalue weighted by atomic mass is 79.9. The quantitative estimate of drug-likeness (QED) is 0.892. The number of halogens is 1. The molecule has 106 valence electrons. The van der Waals surface area contributed by atoms with Crippen LogP contribution in [0.5, 0.6) is 0 Å². The molecule has 0 aromatic carbocycles. The summed E-state index contributed by atoms with van der Waals surface area (Å²) in [6.07, 6.45) is 0. The SMILES string of the molecule is CC(CN(C)c1ccc(-c2ccc(Br)s2)nn1)C(=O)O. The first kappa shape index (κ1) is 14.9. The predicted octanol–water partition coefficient (Wildman–Crippen LogP) is 3.12. The molecule has 20 heavy (non-hydrogen) atoms. The molecule has 0 bridgehead atoms. The van der Waals surface area contributed by atoms with Gasteiger partial charge in [0.15, 0.2) is 5.82 Å². The summed E-state index contributed by atoms with van der Waals surface area (Å²) in [5.41, 5.74) is 0.809. The third-order valence-electron chi connectivity index (χ3n) is 2.84. The van der Waals surface area contributed by atoms with Gasteiger partial charge in [-0.25, -0.2) is 0 Å². The number of carboxylic acids is 1. The van der Waals surface area contributed by atoms with Gasteiger partial charge >= 0.3 is 5.97 Å². The van der Waals surface area contributed by atoms with Crippen LogP contribution in [-0.4, -0.2) is 34.9 Å². The second kappa shape index (κ2) is 6.32. The number of nitrogens with zero attached hydrogens (tertiary/aromatic N) is 3. The minimum absolute atomic E-state index is 0.397. The highest BCUT2D eigenvalue weighted by Gasteiger charge is 2.15. The molecule has 0 spiro atoms. The number of carbonyl (C=O) groups is 1. The molecule has 1 atom stereocenters. The van der Waals surface area contributed by atoms with Crippen molar-refractivity contribution in [3.05, 3.63) is 28.1 Å². The fourth-order valence-corrected chi connectivity index (χ4v) is 3.05. The lowest BCUT2D eigenvalue weighted by Gasteiger charge is -2.19. The Balaban J connectivity index is 2.10. The van der Waals surface area contributed by atoms with Crippen LogP contribution in [0.4, 0.5) is 5.82 Å². The zero-order valence-corrected chi connectivity index (χ0v) is 13.5. The van der Waals surface area contributed by atoms with Crippen molar-refractivity contribution in [3.8, 4) is 10.6 Å². The van der Waals surface area contributed by atoms with Crippen molar-refractivity contribution in [2.24, 2.45) is 5.92 Å². The predicted molar refractivity (Wildman–Crippen MR) is 83.1 cm³/mol. The normalized spacial score (nSPS) is 12.2. The lowest BCUT2D eigenvalue weighted by molar-refractivity contribution is -0.140. The third kappa shape index (κ3) is 3.55. The van der Waals surface area contributed by atoms with Gasteiger partial charge in [-0.15, -0.1) is 21.5 Å². The average molecular weight is 356 g/mol. The number of aliphatic carboxylic acids is 1. The number of anilines is 1. The van der Waals surface area contributed by atoms with Gasteiger partial charge in [0.25, 0.3) is 0 Å². The van der Waals surface area contributed by atoms with E-state index in [9.17, 15) is 4.79 Å². The van der Waals surface area contributed by atoms with Crippen LogP contribution in [-0.2, 0) is 4.79 Å². The second-order valence-corrected chi connectivity index (χ2v) is 6.96. The summed E-state index contributed by atoms with van der Waals surface area (Å²) in [4.78, 5) is 13.7. The van der Waals surface area contributed by atoms with Gasteiger partial charge in [0, 0.05) is 13.6 Å². The minimum Gasteiger partial charge on any atom is -0.481 e. The Hall–Kier alpha value is -1.47. The highest BCUT2D eigenvalue weighted by Crippen LogP contribution is 2.30. The van der Waals surface area contributed by atoms with Crippen LogP contribution < -0.4 is 4.90 Å². The second-order valence-electron chi connectivity index (χ2n) is 4.50. The molecule has 0 aliphatic heterocycles. The molecule has 0 aliphatic carbocycles. The van der Waals surface area contributed by atoms with Crippen LogP contribution in [0.2, 0.25) is 0 Å². The summed E-state index contributed by atoms with van der Waals surface area (Å²) >= 11 is 5.01. The summed E-state index contributed by atoms with van der Waals surface area (Å²) < 4.78 is 1.05. The largest absolute Gasteiger partial charge is 0.481 e. The Morgan fingerprint density at radius 2 is 2.15 bits per heavy atom. The Morgan fingerprint density at radius 3 is 2.65 bits per heavy atom. The van der Waals surface area contributed by atoms with Crippen LogP contribution in [0.15, 0.2) is 28.1 Å². The molecule has 1 N–H and O–H groups in total. The number of hydrogen-bond acceptors (Lipinski definition) is 5. The Labute approximate surface area is 129 Å². The van der Waals surface area contributed by atoms with Crippen molar-refractivity contribution in [2.75, 3.05) is 18.5 Å². The molecule has 0 aliphatic rings. The van der Waals surface area contributed by atoms with E-state index in [4.69, 9.17) is 5.11 Å². The van der Waals surface area contributed by atoms with Crippen molar-refractivity contribution < 1.29 is 9.90 Å². The lowest BCUT2D eigenvalue weighted by atomic mass is 10.2. The first-order valence-electron chi connectivity index (χ1n) is 6.00. The Kier molecular flexibility index (Phi) is 4.72. The number of carboxylic acid groups (broad SMARTS) is 1. The first-order valence-corrected chi connectivity index (χ1v) is 7.61. The highest BCUT2D eigenvalue weighted by molar-refractivity contribution is 9.11. The number of thiophene rings is 1. The van der Waals surface area contributed by atoms with Gasteiger partial charge in [0.1, 0.15) is 5.69 Å². The fourth-order valence-electron chi connectivity index (χ4n) is 1.69. The molecule has 0 radical (unpaired) electrons. The van der Waals surface area contributed by atoms with Gasteiger partial charge in [0.05, 0.1) is 14.6 Å². The molecular formula is C13H14BrN3O2S. The summed E-state index contributed by atoms with van der Waals surface area (Å²) in [6.45, 7) is 2.07. The van der Waals surface area contributed by atoms with Gasteiger partial charge in [-0.1, -0.05) is 6.92 Å². The molecule has 5 nitrogen and oxygen atoms in total. The summed E-state index contributed by atoms with van der Waals surface area (Å²) in [5.74, 6) is -0.600. The molecular weight excluding hydrogens is 342 g/mol. The van der Waals surface area contributed by atoms with Gasteiger partial charge in [-0.2, -0.15) is 0 Å². The molecule has 2 rings (SSSR count). The van der Waals surface area contributed by atoms with E-state index in [1.165, 1.54) is 0 Å². The van der Waals surface area contributed by atoms with Crippen LogP contribution in [0.1, 0.15) is 6.92 Å². The Bertz CT molecular complexity index is 600. The van der Waals surface area contributed by atoms with E-state index < -0.39 is 11.9 Å². The Morgan fingerprint density at radius 1 is 1.40 bits per heavy atom. The van der Waals surface area contributed by atoms with Crippen molar-refractivity contribution >= 4 is 39.1 Å². The molecule has 2 aromatic rings. The van der Waals surface area contributed by atoms with E-state index in [0.717, 1.165) is 14.4 Å². The van der Waals surface area contributed by atoms with Gasteiger partial charge < -0.3 is 10.0 Å². The van der Waals surface area contributed by atoms with Crippen molar-refractivity contribution in [1.82, 2.24) is 10.2 Å². The standard InChI is InChI=1S/C13H14BrN3O2S/c1-8(13(18)19)7-17(2)12-6-3-9(15-16-12)10-4-5-11(14)20-10/h3-6,8H,7H2,1-2H3,(H,18,19). The third-order valence-corrected chi connectivity index (χ3v) is 4.48. The molecule has 0 saturated carbocycles. The van der Waals surface area contributed by atoms with Crippen LogP contribution >= 0.6 is 27.3 Å². The van der Waals surface area contributed by atoms with Gasteiger partial charge in [0.2, 0.25) is 0 Å².